The Kier molecular flexibility index (Phi) is 8.60. The molecule has 0 radical (unpaired) electrons. The van der Waals surface area contributed by atoms with Gasteiger partial charge in [0, 0.05) is 18.6 Å². The highest BCUT2D eigenvalue weighted by molar-refractivity contribution is 6.58. The lowest BCUT2D eigenvalue weighted by molar-refractivity contribution is -0.119. The quantitative estimate of drug-likeness (QED) is 0.463. The van der Waals surface area contributed by atoms with E-state index in [1.807, 2.05) is 0 Å². The predicted octanol–water partition coefficient (Wildman–Crippen LogP) is 4.23. The van der Waals surface area contributed by atoms with E-state index in [4.69, 9.17) is 4.43 Å². The van der Waals surface area contributed by atoms with Gasteiger partial charge in [-0.15, -0.1) is 0 Å². The van der Waals surface area contributed by atoms with E-state index >= 15 is 0 Å². The molecule has 1 saturated heterocycles. The van der Waals surface area contributed by atoms with Crippen molar-refractivity contribution in [3.63, 3.8) is 0 Å². The van der Waals surface area contributed by atoms with Gasteiger partial charge in [0.2, 0.25) is 0 Å². The van der Waals surface area contributed by atoms with Crippen LogP contribution in [0.15, 0.2) is 0 Å². The molecule has 0 aromatic carbocycles. The Morgan fingerprint density at radius 2 is 1.94 bits per heavy atom. The van der Waals surface area contributed by atoms with Crippen LogP contribution in [0.1, 0.15) is 71.6 Å². The smallest absolute Gasteiger partial charge is 0.187 e. The summed E-state index contributed by atoms with van der Waals surface area (Å²) in [5.41, 5.74) is 0.302. The largest absolute Gasteiger partial charge is 0.419 e. The molecule has 0 aromatic rings. The third-order valence-electron chi connectivity index (χ3n) is 4.04. The zero-order valence-corrected chi connectivity index (χ0v) is 13.4. The van der Waals surface area contributed by atoms with Gasteiger partial charge in [-0.05, 0) is 25.3 Å². The molecule has 0 saturated carbocycles. The van der Waals surface area contributed by atoms with E-state index in [1.54, 1.807) is 0 Å². The van der Waals surface area contributed by atoms with Crippen molar-refractivity contribution in [1.82, 2.24) is 0 Å². The molecular formula is C15H30O2Si. The molecule has 0 amide bonds. The summed E-state index contributed by atoms with van der Waals surface area (Å²) in [6, 6.07) is 1.22. The van der Waals surface area contributed by atoms with Crippen LogP contribution in [0.4, 0.5) is 0 Å². The Balaban J connectivity index is 2.23. The van der Waals surface area contributed by atoms with Crippen LogP contribution in [-0.2, 0) is 9.22 Å². The molecule has 0 aliphatic carbocycles. The second-order valence-corrected chi connectivity index (χ2v) is 8.34. The van der Waals surface area contributed by atoms with Crippen LogP contribution < -0.4 is 0 Å². The third-order valence-corrected chi connectivity index (χ3v) is 7.43. The number of carbonyl (C=O) groups excluding carboxylic acids is 1. The van der Waals surface area contributed by atoms with E-state index in [-0.39, 0.29) is 0 Å². The number of unbranched alkanes of at least 4 members (excludes halogenated alkanes) is 4. The van der Waals surface area contributed by atoms with Gasteiger partial charge in [0.15, 0.2) is 9.04 Å². The standard InChI is InChI=1S/C15H30O2Si/c1-3-5-6-7-8-11-14(16)15(4-2)18-13-10-9-12-17-18/h15,18H,3-13H2,1-2H3. The van der Waals surface area contributed by atoms with Gasteiger partial charge in [0.1, 0.15) is 5.78 Å². The van der Waals surface area contributed by atoms with Crippen molar-refractivity contribution in [2.45, 2.75) is 83.2 Å². The second-order valence-electron chi connectivity index (χ2n) is 5.55. The highest BCUT2D eigenvalue weighted by Crippen LogP contribution is 2.27. The molecule has 2 atom stereocenters. The summed E-state index contributed by atoms with van der Waals surface area (Å²) in [6.07, 6.45) is 10.5. The van der Waals surface area contributed by atoms with E-state index < -0.39 is 9.04 Å². The van der Waals surface area contributed by atoms with E-state index in [1.165, 1.54) is 44.6 Å². The first kappa shape index (κ1) is 15.9. The van der Waals surface area contributed by atoms with Crippen molar-refractivity contribution in [3.05, 3.63) is 0 Å². The number of ketones is 1. The lowest BCUT2D eigenvalue weighted by Crippen LogP contribution is -2.33. The highest BCUT2D eigenvalue weighted by atomic mass is 28.3. The molecule has 1 rings (SSSR count). The molecule has 0 bridgehead atoms. The molecule has 18 heavy (non-hydrogen) atoms. The molecule has 1 aliphatic rings. The fourth-order valence-corrected chi connectivity index (χ4v) is 5.94. The van der Waals surface area contributed by atoms with E-state index in [0.717, 1.165) is 25.9 Å². The minimum Gasteiger partial charge on any atom is -0.419 e. The first-order chi connectivity index (χ1) is 8.79. The monoisotopic (exact) mass is 270 g/mol. The topological polar surface area (TPSA) is 26.3 Å². The molecule has 2 nitrogen and oxygen atoms in total. The van der Waals surface area contributed by atoms with Gasteiger partial charge in [-0.25, -0.2) is 0 Å². The fourth-order valence-electron chi connectivity index (χ4n) is 2.87. The first-order valence-corrected chi connectivity index (χ1v) is 9.89. The number of carbonyl (C=O) groups is 1. The summed E-state index contributed by atoms with van der Waals surface area (Å²) in [5, 5.41) is 0. The van der Waals surface area contributed by atoms with E-state index in [0.29, 0.717) is 11.3 Å². The molecular weight excluding hydrogens is 240 g/mol. The predicted molar refractivity (Wildman–Crippen MR) is 79.6 cm³/mol. The van der Waals surface area contributed by atoms with Gasteiger partial charge < -0.3 is 4.43 Å². The molecule has 0 spiro atoms. The maximum atomic E-state index is 12.3. The van der Waals surface area contributed by atoms with E-state index in [2.05, 4.69) is 13.8 Å². The van der Waals surface area contributed by atoms with E-state index in [9.17, 15) is 4.79 Å². The summed E-state index contributed by atoms with van der Waals surface area (Å²) >= 11 is 0. The van der Waals surface area contributed by atoms with Crippen LogP contribution >= 0.6 is 0 Å². The Bertz CT molecular complexity index is 225. The number of hydrogen-bond acceptors (Lipinski definition) is 2. The lowest BCUT2D eigenvalue weighted by Gasteiger charge is -2.27. The molecule has 0 aromatic heterocycles. The molecule has 0 N–H and O–H groups in total. The summed E-state index contributed by atoms with van der Waals surface area (Å²) in [5.74, 6) is 0.507. The van der Waals surface area contributed by atoms with Crippen molar-refractivity contribution < 1.29 is 9.22 Å². The van der Waals surface area contributed by atoms with Crippen LogP contribution in [0, 0.1) is 0 Å². The fraction of sp³-hybridized carbons (Fsp3) is 0.933. The van der Waals surface area contributed by atoms with Crippen molar-refractivity contribution in [1.29, 1.82) is 0 Å². The van der Waals surface area contributed by atoms with Crippen molar-refractivity contribution >= 4 is 14.8 Å². The van der Waals surface area contributed by atoms with Crippen molar-refractivity contribution in [2.75, 3.05) is 6.61 Å². The third kappa shape index (κ3) is 5.66. The maximum absolute atomic E-state index is 12.3. The average Bonchev–Trinajstić information content (AvgIpc) is 2.40. The Morgan fingerprint density at radius 1 is 1.17 bits per heavy atom. The normalized spacial score (nSPS) is 21.8. The maximum Gasteiger partial charge on any atom is 0.187 e. The van der Waals surface area contributed by atoms with Crippen LogP contribution in [-0.4, -0.2) is 21.4 Å². The highest BCUT2D eigenvalue weighted by Gasteiger charge is 2.30. The zero-order chi connectivity index (χ0) is 13.2. The van der Waals surface area contributed by atoms with Gasteiger partial charge in [0.25, 0.3) is 0 Å². The molecule has 2 unspecified atom stereocenters. The Labute approximate surface area is 114 Å². The van der Waals surface area contributed by atoms with Gasteiger partial charge in [-0.2, -0.15) is 0 Å². The first-order valence-electron chi connectivity index (χ1n) is 7.93. The van der Waals surface area contributed by atoms with Gasteiger partial charge >= 0.3 is 0 Å². The van der Waals surface area contributed by atoms with Crippen LogP contribution in [0.5, 0.6) is 0 Å². The van der Waals surface area contributed by atoms with Gasteiger partial charge in [-0.1, -0.05) is 46.0 Å². The van der Waals surface area contributed by atoms with Gasteiger partial charge in [-0.3, -0.25) is 4.79 Å². The Hall–Kier alpha value is -0.153. The minimum atomic E-state index is -1.21. The summed E-state index contributed by atoms with van der Waals surface area (Å²) in [7, 11) is -1.21. The lowest BCUT2D eigenvalue weighted by atomic mass is 10.1. The number of Topliss-reactive ketones (excluding diaryl/α,β-unsaturated/α-hetero) is 1. The van der Waals surface area contributed by atoms with Gasteiger partial charge in [0.05, 0.1) is 0 Å². The second kappa shape index (κ2) is 9.73. The SMILES string of the molecule is CCCCCCCC(=O)C(CC)[SiH]1CCCCO1. The Morgan fingerprint density at radius 3 is 2.56 bits per heavy atom. The van der Waals surface area contributed by atoms with Crippen LogP contribution in [0.3, 0.4) is 0 Å². The summed E-state index contributed by atoms with van der Waals surface area (Å²) in [4.78, 5) is 12.3. The molecule has 1 heterocycles. The van der Waals surface area contributed by atoms with Crippen molar-refractivity contribution in [3.8, 4) is 0 Å². The molecule has 1 aliphatic heterocycles. The van der Waals surface area contributed by atoms with Crippen LogP contribution in [0.2, 0.25) is 11.6 Å². The zero-order valence-electron chi connectivity index (χ0n) is 12.2. The molecule has 1 fully saturated rings. The molecule has 106 valence electrons. The number of hydrogen-bond donors (Lipinski definition) is 0. The molecule has 3 heteroatoms. The summed E-state index contributed by atoms with van der Waals surface area (Å²) < 4.78 is 5.92. The van der Waals surface area contributed by atoms with Crippen molar-refractivity contribution in [2.24, 2.45) is 0 Å². The minimum absolute atomic E-state index is 0.302. The van der Waals surface area contributed by atoms with Crippen LogP contribution in [0.25, 0.3) is 0 Å². The summed E-state index contributed by atoms with van der Waals surface area (Å²) in [6.45, 7) is 5.30. The number of rotatable bonds is 9. The average molecular weight is 270 g/mol.